The van der Waals surface area contributed by atoms with Crippen molar-refractivity contribution >= 4 is 0 Å². The van der Waals surface area contributed by atoms with E-state index in [1.807, 2.05) is 4.68 Å². The van der Waals surface area contributed by atoms with E-state index in [4.69, 9.17) is 5.73 Å². The first-order chi connectivity index (χ1) is 7.98. The molecule has 1 saturated carbocycles. The predicted octanol–water partition coefficient (Wildman–Crippen LogP) is 2.14. The van der Waals surface area contributed by atoms with Crippen LogP contribution in [0.25, 0.3) is 0 Å². The summed E-state index contributed by atoms with van der Waals surface area (Å²) in [7, 11) is 0. The van der Waals surface area contributed by atoms with E-state index < -0.39 is 0 Å². The largest absolute Gasteiger partial charge is 0.324 e. The normalized spacial score (nSPS) is 27.5. The van der Waals surface area contributed by atoms with E-state index in [2.05, 4.69) is 30.9 Å². The average Bonchev–Trinajstić information content (AvgIpc) is 2.75. The molecular weight excluding hydrogens is 212 g/mol. The molecule has 0 bridgehead atoms. The van der Waals surface area contributed by atoms with Crippen molar-refractivity contribution in [3.05, 3.63) is 12.2 Å². The number of aromatic nitrogens is 3. The van der Waals surface area contributed by atoms with E-state index >= 15 is 0 Å². The number of nitrogens with two attached hydrogens (primary N) is 1. The first-order valence-electron chi connectivity index (χ1n) is 6.64. The highest BCUT2D eigenvalue weighted by molar-refractivity contribution is 5.08. The zero-order valence-electron chi connectivity index (χ0n) is 11.2. The van der Waals surface area contributed by atoms with Crippen LogP contribution in [-0.4, -0.2) is 20.3 Å². The van der Waals surface area contributed by atoms with E-state index in [-0.39, 0.29) is 11.0 Å². The third-order valence-electron chi connectivity index (χ3n) is 4.38. The quantitative estimate of drug-likeness (QED) is 0.871. The molecule has 4 heteroatoms. The highest BCUT2D eigenvalue weighted by Gasteiger charge is 2.46. The van der Waals surface area contributed by atoms with Crippen LogP contribution in [0.4, 0.5) is 0 Å². The van der Waals surface area contributed by atoms with Crippen molar-refractivity contribution in [3.63, 3.8) is 0 Å². The highest BCUT2D eigenvalue weighted by atomic mass is 15.3. The van der Waals surface area contributed by atoms with Gasteiger partial charge in [0.15, 0.2) is 0 Å². The molecule has 1 aromatic rings. The highest BCUT2D eigenvalue weighted by Crippen LogP contribution is 2.45. The van der Waals surface area contributed by atoms with Crippen molar-refractivity contribution < 1.29 is 0 Å². The van der Waals surface area contributed by atoms with Gasteiger partial charge in [0.1, 0.15) is 12.2 Å². The lowest BCUT2D eigenvalue weighted by molar-refractivity contribution is 0.201. The molecule has 0 amide bonds. The number of nitrogens with zero attached hydrogens (tertiary/aromatic N) is 3. The second-order valence-electron chi connectivity index (χ2n) is 5.97. The van der Waals surface area contributed by atoms with Gasteiger partial charge < -0.3 is 5.73 Å². The van der Waals surface area contributed by atoms with Gasteiger partial charge in [0.05, 0.1) is 0 Å². The van der Waals surface area contributed by atoms with Gasteiger partial charge in [0.25, 0.3) is 0 Å². The SMILES string of the molecule is CCCn1ncnc1CC1(N)CCCC1(C)C. The molecule has 1 heterocycles. The third-order valence-corrected chi connectivity index (χ3v) is 4.38. The smallest absolute Gasteiger partial charge is 0.138 e. The Morgan fingerprint density at radius 1 is 1.41 bits per heavy atom. The second-order valence-corrected chi connectivity index (χ2v) is 5.97. The molecular formula is C13H24N4. The maximum absolute atomic E-state index is 6.61. The van der Waals surface area contributed by atoms with Crippen LogP contribution in [0.15, 0.2) is 6.33 Å². The minimum absolute atomic E-state index is 0.120. The standard InChI is InChI=1S/C13H24N4/c1-4-8-17-11(15-10-16-17)9-13(14)7-5-6-12(13,2)3/h10H,4-9,14H2,1-3H3. The fourth-order valence-electron chi connectivity index (χ4n) is 2.87. The van der Waals surface area contributed by atoms with Crippen LogP contribution in [0.1, 0.15) is 52.3 Å². The maximum atomic E-state index is 6.61. The molecule has 1 aliphatic rings. The number of aryl methyl sites for hydroxylation is 1. The summed E-state index contributed by atoms with van der Waals surface area (Å²) < 4.78 is 2.00. The number of rotatable bonds is 4. The first kappa shape index (κ1) is 12.6. The Balaban J connectivity index is 2.17. The summed E-state index contributed by atoms with van der Waals surface area (Å²) >= 11 is 0. The van der Waals surface area contributed by atoms with Gasteiger partial charge in [-0.3, -0.25) is 4.68 Å². The average molecular weight is 236 g/mol. The van der Waals surface area contributed by atoms with Gasteiger partial charge in [-0.05, 0) is 24.7 Å². The van der Waals surface area contributed by atoms with Gasteiger partial charge in [-0.1, -0.05) is 27.2 Å². The van der Waals surface area contributed by atoms with E-state index in [0.717, 1.165) is 31.6 Å². The zero-order valence-corrected chi connectivity index (χ0v) is 11.2. The Hall–Kier alpha value is -0.900. The molecule has 1 atom stereocenters. The Kier molecular flexibility index (Phi) is 3.25. The molecule has 0 spiro atoms. The van der Waals surface area contributed by atoms with Gasteiger partial charge in [-0.25, -0.2) is 4.98 Å². The lowest BCUT2D eigenvalue weighted by Gasteiger charge is -2.38. The minimum atomic E-state index is -0.120. The monoisotopic (exact) mass is 236 g/mol. The van der Waals surface area contributed by atoms with Crippen LogP contribution in [0.5, 0.6) is 0 Å². The first-order valence-corrected chi connectivity index (χ1v) is 6.64. The minimum Gasteiger partial charge on any atom is -0.324 e. The van der Waals surface area contributed by atoms with Gasteiger partial charge in [0, 0.05) is 18.5 Å². The summed E-state index contributed by atoms with van der Waals surface area (Å²) in [5, 5.41) is 4.28. The van der Waals surface area contributed by atoms with Crippen LogP contribution in [0.2, 0.25) is 0 Å². The molecule has 1 unspecified atom stereocenters. The summed E-state index contributed by atoms with van der Waals surface area (Å²) in [5.74, 6) is 1.05. The van der Waals surface area contributed by atoms with Crippen molar-refractivity contribution in [1.82, 2.24) is 14.8 Å². The molecule has 0 radical (unpaired) electrons. The summed E-state index contributed by atoms with van der Waals surface area (Å²) in [6.45, 7) is 7.65. The lowest BCUT2D eigenvalue weighted by atomic mass is 9.73. The van der Waals surface area contributed by atoms with Crippen molar-refractivity contribution in [1.29, 1.82) is 0 Å². The van der Waals surface area contributed by atoms with Crippen molar-refractivity contribution in [2.75, 3.05) is 0 Å². The molecule has 1 fully saturated rings. The molecule has 0 saturated heterocycles. The fraction of sp³-hybridized carbons (Fsp3) is 0.846. The van der Waals surface area contributed by atoms with E-state index in [1.165, 1.54) is 12.8 Å². The van der Waals surface area contributed by atoms with E-state index in [9.17, 15) is 0 Å². The van der Waals surface area contributed by atoms with Crippen LogP contribution in [-0.2, 0) is 13.0 Å². The molecule has 4 nitrogen and oxygen atoms in total. The molecule has 96 valence electrons. The van der Waals surface area contributed by atoms with E-state index in [1.54, 1.807) is 6.33 Å². The summed E-state index contributed by atoms with van der Waals surface area (Å²) in [6, 6.07) is 0. The third kappa shape index (κ3) is 2.23. The Morgan fingerprint density at radius 2 is 2.18 bits per heavy atom. The summed E-state index contributed by atoms with van der Waals surface area (Å²) in [5.41, 5.74) is 6.70. The molecule has 17 heavy (non-hydrogen) atoms. The summed E-state index contributed by atoms with van der Waals surface area (Å²) in [4.78, 5) is 4.38. The Morgan fingerprint density at radius 3 is 2.76 bits per heavy atom. The maximum Gasteiger partial charge on any atom is 0.138 e. The van der Waals surface area contributed by atoms with Crippen molar-refractivity contribution in [2.24, 2.45) is 11.1 Å². The van der Waals surface area contributed by atoms with Crippen LogP contribution in [0, 0.1) is 5.41 Å². The van der Waals surface area contributed by atoms with Crippen molar-refractivity contribution in [3.8, 4) is 0 Å². The number of hydrogen-bond donors (Lipinski definition) is 1. The van der Waals surface area contributed by atoms with Crippen molar-refractivity contribution in [2.45, 2.75) is 65.0 Å². The lowest BCUT2D eigenvalue weighted by Crippen LogP contribution is -2.51. The van der Waals surface area contributed by atoms with Gasteiger partial charge in [-0.15, -0.1) is 0 Å². The topological polar surface area (TPSA) is 56.7 Å². The number of hydrogen-bond acceptors (Lipinski definition) is 3. The molecule has 0 aromatic carbocycles. The molecule has 2 rings (SSSR count). The molecule has 1 aromatic heterocycles. The van der Waals surface area contributed by atoms with Gasteiger partial charge >= 0.3 is 0 Å². The van der Waals surface area contributed by atoms with Crippen LogP contribution >= 0.6 is 0 Å². The van der Waals surface area contributed by atoms with Gasteiger partial charge in [0.2, 0.25) is 0 Å². The van der Waals surface area contributed by atoms with Crippen LogP contribution < -0.4 is 5.73 Å². The fourth-order valence-corrected chi connectivity index (χ4v) is 2.87. The second kappa shape index (κ2) is 4.41. The van der Waals surface area contributed by atoms with Crippen LogP contribution in [0.3, 0.4) is 0 Å². The van der Waals surface area contributed by atoms with Gasteiger partial charge in [-0.2, -0.15) is 5.10 Å². The molecule has 1 aliphatic carbocycles. The van der Waals surface area contributed by atoms with E-state index in [0.29, 0.717) is 0 Å². The molecule has 2 N–H and O–H groups in total. The Labute approximate surface area is 104 Å². The predicted molar refractivity (Wildman–Crippen MR) is 68.6 cm³/mol. The summed E-state index contributed by atoms with van der Waals surface area (Å²) in [6.07, 6.45) is 7.11. The zero-order chi connectivity index (χ0) is 12.5. The molecule has 0 aliphatic heterocycles. The Bertz CT molecular complexity index is 383.